The maximum Gasteiger partial charge on any atom is 0.256 e. The maximum absolute atomic E-state index is 12.3. The second-order valence-electron chi connectivity index (χ2n) is 5.80. The Balaban J connectivity index is 2.15. The Morgan fingerprint density at radius 1 is 1.13 bits per heavy atom. The largest absolute Gasteiger partial charge is 0.496 e. The Labute approximate surface area is 140 Å². The number of aryl methyl sites for hydroxylation is 2. The van der Waals surface area contributed by atoms with Gasteiger partial charge in [-0.3, -0.25) is 4.79 Å². The second kappa shape index (κ2) is 5.74. The van der Waals surface area contributed by atoms with Crippen LogP contribution in [0.25, 0.3) is 11.6 Å². The highest BCUT2D eigenvalue weighted by Gasteiger charge is 2.26. The Hall–Kier alpha value is -2.26. The van der Waals surface area contributed by atoms with Crippen molar-refractivity contribution in [2.45, 2.75) is 20.8 Å². The maximum atomic E-state index is 12.3. The van der Waals surface area contributed by atoms with Gasteiger partial charge in [0, 0.05) is 21.8 Å². The van der Waals surface area contributed by atoms with Crippen molar-refractivity contribution in [3.63, 3.8) is 0 Å². The molecule has 2 aromatic carbocycles. The van der Waals surface area contributed by atoms with Crippen LogP contribution >= 0.6 is 11.6 Å². The van der Waals surface area contributed by atoms with Gasteiger partial charge in [0.15, 0.2) is 0 Å². The average Bonchev–Trinajstić information content (AvgIpc) is 2.80. The first-order chi connectivity index (χ1) is 10.9. The molecule has 0 saturated carbocycles. The molecule has 1 N–H and O–H groups in total. The zero-order valence-corrected chi connectivity index (χ0v) is 14.3. The summed E-state index contributed by atoms with van der Waals surface area (Å²) in [4.78, 5) is 12.3. The van der Waals surface area contributed by atoms with E-state index >= 15 is 0 Å². The van der Waals surface area contributed by atoms with Gasteiger partial charge in [-0.2, -0.15) is 0 Å². The van der Waals surface area contributed by atoms with E-state index in [0.717, 1.165) is 39.3 Å². The molecule has 2 aromatic rings. The fourth-order valence-corrected chi connectivity index (χ4v) is 3.29. The van der Waals surface area contributed by atoms with E-state index in [1.807, 2.05) is 45.0 Å². The monoisotopic (exact) mass is 327 g/mol. The van der Waals surface area contributed by atoms with Gasteiger partial charge in [0.25, 0.3) is 5.91 Å². The third kappa shape index (κ3) is 2.62. The molecule has 0 aromatic heterocycles. The van der Waals surface area contributed by atoms with Crippen LogP contribution < -0.4 is 10.1 Å². The summed E-state index contributed by atoms with van der Waals surface area (Å²) < 4.78 is 5.40. The molecule has 0 spiro atoms. The molecule has 1 amide bonds. The smallest absolute Gasteiger partial charge is 0.256 e. The Morgan fingerprint density at radius 2 is 1.78 bits per heavy atom. The molecule has 0 saturated heterocycles. The number of hydrogen-bond donors (Lipinski definition) is 1. The highest BCUT2D eigenvalue weighted by atomic mass is 35.5. The van der Waals surface area contributed by atoms with E-state index in [2.05, 4.69) is 5.32 Å². The van der Waals surface area contributed by atoms with E-state index in [0.29, 0.717) is 10.6 Å². The number of rotatable bonds is 2. The highest BCUT2D eigenvalue weighted by molar-refractivity contribution is 6.37. The average molecular weight is 328 g/mol. The minimum Gasteiger partial charge on any atom is -0.496 e. The summed E-state index contributed by atoms with van der Waals surface area (Å²) in [7, 11) is 1.67. The summed E-state index contributed by atoms with van der Waals surface area (Å²) >= 11 is 6.22. The number of carbonyl (C=O) groups is 1. The first-order valence-corrected chi connectivity index (χ1v) is 7.78. The van der Waals surface area contributed by atoms with Crippen molar-refractivity contribution in [3.8, 4) is 5.75 Å². The number of benzene rings is 2. The molecule has 4 heteroatoms. The van der Waals surface area contributed by atoms with Crippen LogP contribution in [0.3, 0.4) is 0 Å². The number of ether oxygens (including phenoxy) is 1. The van der Waals surface area contributed by atoms with Crippen molar-refractivity contribution in [1.82, 2.24) is 0 Å². The van der Waals surface area contributed by atoms with Crippen LogP contribution in [0, 0.1) is 20.8 Å². The predicted octanol–water partition coefficient (Wildman–Crippen LogP) is 4.77. The van der Waals surface area contributed by atoms with E-state index in [1.165, 1.54) is 0 Å². The first kappa shape index (κ1) is 15.6. The Bertz CT molecular complexity index is 830. The van der Waals surface area contributed by atoms with Gasteiger partial charge >= 0.3 is 0 Å². The van der Waals surface area contributed by atoms with Gasteiger partial charge in [-0.25, -0.2) is 0 Å². The molecule has 1 aliphatic rings. The number of fused-ring (bicyclic) bond motifs is 1. The van der Waals surface area contributed by atoms with Crippen LogP contribution in [0.4, 0.5) is 5.69 Å². The summed E-state index contributed by atoms with van der Waals surface area (Å²) in [6.45, 7) is 5.93. The van der Waals surface area contributed by atoms with Gasteiger partial charge < -0.3 is 10.1 Å². The van der Waals surface area contributed by atoms with Crippen LogP contribution in [0.2, 0.25) is 5.02 Å². The van der Waals surface area contributed by atoms with Crippen LogP contribution in [-0.4, -0.2) is 13.0 Å². The zero-order chi connectivity index (χ0) is 16.7. The summed E-state index contributed by atoms with van der Waals surface area (Å²) in [5, 5.41) is 3.56. The summed E-state index contributed by atoms with van der Waals surface area (Å²) in [6, 6.07) is 7.68. The molecule has 3 rings (SSSR count). The normalized spacial score (nSPS) is 14.8. The minimum atomic E-state index is -0.100. The van der Waals surface area contributed by atoms with E-state index < -0.39 is 0 Å². The topological polar surface area (TPSA) is 38.3 Å². The zero-order valence-electron chi connectivity index (χ0n) is 13.6. The van der Waals surface area contributed by atoms with Crippen molar-refractivity contribution in [3.05, 3.63) is 57.1 Å². The van der Waals surface area contributed by atoms with Gasteiger partial charge in [0.05, 0.1) is 7.11 Å². The molecular formula is C19H18ClNO2. The van der Waals surface area contributed by atoms with Gasteiger partial charge in [-0.1, -0.05) is 11.6 Å². The molecule has 1 heterocycles. The number of hydrogen-bond acceptors (Lipinski definition) is 2. The van der Waals surface area contributed by atoms with E-state index in [4.69, 9.17) is 16.3 Å². The van der Waals surface area contributed by atoms with Crippen LogP contribution in [-0.2, 0) is 4.79 Å². The molecule has 0 radical (unpaired) electrons. The van der Waals surface area contributed by atoms with E-state index in [-0.39, 0.29) is 5.91 Å². The van der Waals surface area contributed by atoms with Crippen molar-refractivity contribution in [1.29, 1.82) is 0 Å². The number of methoxy groups -OCH3 is 1. The fraction of sp³-hybridized carbons (Fsp3) is 0.211. The van der Waals surface area contributed by atoms with E-state index in [1.54, 1.807) is 13.2 Å². The molecule has 0 atom stereocenters. The number of nitrogens with one attached hydrogen (secondary N) is 1. The molecular weight excluding hydrogens is 310 g/mol. The Morgan fingerprint density at radius 3 is 2.39 bits per heavy atom. The molecule has 0 fully saturated rings. The standard InChI is InChI=1S/C19H18ClNO2/c1-10-7-13(8-11(2)18(10)23-4)9-14-17-12(3)15(20)5-6-16(17)21-19(14)22/h5-9H,1-4H3,(H,21,22). The number of amides is 1. The summed E-state index contributed by atoms with van der Waals surface area (Å²) in [6.07, 6.45) is 1.91. The van der Waals surface area contributed by atoms with Crippen molar-refractivity contribution >= 4 is 34.8 Å². The third-order valence-electron chi connectivity index (χ3n) is 4.16. The summed E-state index contributed by atoms with van der Waals surface area (Å²) in [5.41, 5.74) is 6.30. The van der Waals surface area contributed by atoms with Gasteiger partial charge in [-0.05, 0) is 73.4 Å². The van der Waals surface area contributed by atoms with Gasteiger partial charge in [0.2, 0.25) is 0 Å². The van der Waals surface area contributed by atoms with Crippen LogP contribution in [0.5, 0.6) is 5.75 Å². The fourth-order valence-electron chi connectivity index (χ4n) is 3.13. The lowest BCUT2D eigenvalue weighted by molar-refractivity contribution is -0.110. The minimum absolute atomic E-state index is 0.100. The highest BCUT2D eigenvalue weighted by Crippen LogP contribution is 2.38. The van der Waals surface area contributed by atoms with Crippen LogP contribution in [0.1, 0.15) is 27.8 Å². The number of anilines is 1. The number of carbonyl (C=O) groups excluding carboxylic acids is 1. The molecule has 0 aliphatic carbocycles. The molecule has 118 valence electrons. The second-order valence-corrected chi connectivity index (χ2v) is 6.20. The number of halogens is 1. The molecule has 23 heavy (non-hydrogen) atoms. The molecule has 3 nitrogen and oxygen atoms in total. The van der Waals surface area contributed by atoms with E-state index in [9.17, 15) is 4.79 Å². The molecule has 0 bridgehead atoms. The quantitative estimate of drug-likeness (QED) is 0.807. The first-order valence-electron chi connectivity index (χ1n) is 7.40. The lowest BCUT2D eigenvalue weighted by Gasteiger charge is -2.10. The van der Waals surface area contributed by atoms with Crippen molar-refractivity contribution < 1.29 is 9.53 Å². The Kier molecular flexibility index (Phi) is 3.90. The molecule has 0 unspecified atom stereocenters. The molecule has 1 aliphatic heterocycles. The SMILES string of the molecule is COc1c(C)cc(C=C2C(=O)Nc3ccc(Cl)c(C)c32)cc1C. The van der Waals surface area contributed by atoms with Crippen molar-refractivity contribution in [2.24, 2.45) is 0 Å². The predicted molar refractivity (Wildman–Crippen MR) is 95.2 cm³/mol. The van der Waals surface area contributed by atoms with Crippen LogP contribution in [0.15, 0.2) is 24.3 Å². The lowest BCUT2D eigenvalue weighted by atomic mass is 9.97. The van der Waals surface area contributed by atoms with Gasteiger partial charge in [-0.15, -0.1) is 0 Å². The third-order valence-corrected chi connectivity index (χ3v) is 4.57. The van der Waals surface area contributed by atoms with Gasteiger partial charge in [0.1, 0.15) is 5.75 Å². The lowest BCUT2D eigenvalue weighted by Crippen LogP contribution is -2.03. The van der Waals surface area contributed by atoms with Crippen molar-refractivity contribution in [2.75, 3.05) is 12.4 Å². The summed E-state index contributed by atoms with van der Waals surface area (Å²) in [5.74, 6) is 0.777.